The number of Topliss-reactive ketones (excluding diaryl/α,β-unsaturated/α-hetero) is 3. The highest BCUT2D eigenvalue weighted by molar-refractivity contribution is 7.90. The first-order chi connectivity index (χ1) is 18.9. The molecule has 1 amide bonds. The van der Waals surface area contributed by atoms with Crippen LogP contribution in [0.2, 0.25) is 0 Å². The number of amides is 1. The third-order valence-corrected chi connectivity index (χ3v) is 12.0. The number of carbonyl (C=O) groups is 5. The maximum Gasteiger partial charge on any atom is 0.516 e. The lowest BCUT2D eigenvalue weighted by atomic mass is 9.44. The highest BCUT2D eigenvalue weighted by Gasteiger charge is 2.66. The summed E-state index contributed by atoms with van der Waals surface area (Å²) in [4.78, 5) is 63.2. The van der Waals surface area contributed by atoms with Crippen LogP contribution in [0.1, 0.15) is 85.0 Å². The van der Waals surface area contributed by atoms with Gasteiger partial charge in [0.1, 0.15) is 24.0 Å². The molecule has 0 radical (unpaired) electrons. The Kier molecular flexibility index (Phi) is 8.54. The van der Waals surface area contributed by atoms with E-state index in [9.17, 15) is 45.6 Å². The summed E-state index contributed by atoms with van der Waals surface area (Å²) in [6.07, 6.45) is 3.38. The lowest BCUT2D eigenvalue weighted by Crippen LogP contribution is -2.60. The first-order valence-electron chi connectivity index (χ1n) is 14.3. The fraction of sp³-hybridized carbons (Fsp3) is 0.821. The molecule has 0 heterocycles. The quantitative estimate of drug-likeness (QED) is 0.411. The third kappa shape index (κ3) is 5.71. The van der Waals surface area contributed by atoms with Crippen molar-refractivity contribution in [2.45, 2.75) is 90.5 Å². The summed E-state index contributed by atoms with van der Waals surface area (Å²) in [5, 5.41) is 0. The zero-order valence-electron chi connectivity index (χ0n) is 23.6. The molecule has 41 heavy (non-hydrogen) atoms. The van der Waals surface area contributed by atoms with E-state index in [4.69, 9.17) is 4.74 Å². The van der Waals surface area contributed by atoms with E-state index in [0.29, 0.717) is 38.5 Å². The number of sulfonamides is 1. The molecule has 4 aliphatic carbocycles. The molecule has 4 fully saturated rings. The Morgan fingerprint density at radius 2 is 1.73 bits per heavy atom. The van der Waals surface area contributed by atoms with E-state index in [2.05, 4.69) is 6.92 Å². The molecule has 4 aliphatic rings. The van der Waals surface area contributed by atoms with Gasteiger partial charge in [0.15, 0.2) is 0 Å². The summed E-state index contributed by atoms with van der Waals surface area (Å²) in [6, 6.07) is 0. The van der Waals surface area contributed by atoms with Crippen molar-refractivity contribution in [3.63, 3.8) is 0 Å². The smallest absolute Gasteiger partial charge is 0.465 e. The van der Waals surface area contributed by atoms with Crippen LogP contribution < -0.4 is 4.72 Å². The number of carbonyl (C=O) groups excluding carboxylic acids is 5. The Morgan fingerprint density at radius 1 is 1.05 bits per heavy atom. The van der Waals surface area contributed by atoms with E-state index in [-0.39, 0.29) is 64.7 Å². The molecule has 0 aromatic rings. The number of hydrogen-bond acceptors (Lipinski definition) is 8. The molecule has 4 saturated carbocycles. The Balaban J connectivity index is 1.33. The van der Waals surface area contributed by atoms with Crippen LogP contribution >= 0.6 is 0 Å². The van der Waals surface area contributed by atoms with E-state index >= 15 is 0 Å². The number of nitrogens with one attached hydrogen (secondary N) is 1. The minimum atomic E-state index is -5.82. The average Bonchev–Trinajstić information content (AvgIpc) is 3.21. The predicted molar refractivity (Wildman–Crippen MR) is 138 cm³/mol. The van der Waals surface area contributed by atoms with Crippen molar-refractivity contribution in [1.82, 2.24) is 4.72 Å². The van der Waals surface area contributed by atoms with Crippen molar-refractivity contribution < 1.29 is 50.3 Å². The molecule has 1 N–H and O–H groups in total. The summed E-state index contributed by atoms with van der Waals surface area (Å²) in [5.74, 6) is -2.08. The molecule has 0 aromatic carbocycles. The Bertz CT molecular complexity index is 1230. The number of ketones is 3. The summed E-state index contributed by atoms with van der Waals surface area (Å²) in [5.41, 5.74) is -6.53. The number of alkyl halides is 3. The number of esters is 1. The number of rotatable bonds is 8. The van der Waals surface area contributed by atoms with Crippen molar-refractivity contribution in [3.8, 4) is 0 Å². The van der Waals surface area contributed by atoms with Crippen molar-refractivity contribution in [2.24, 2.45) is 46.3 Å². The van der Waals surface area contributed by atoms with E-state index in [1.54, 1.807) is 0 Å². The molecule has 0 unspecified atom stereocenters. The molecule has 4 rings (SSSR count). The van der Waals surface area contributed by atoms with Crippen LogP contribution in [0.4, 0.5) is 13.2 Å². The Labute approximate surface area is 237 Å². The van der Waals surface area contributed by atoms with Crippen LogP contribution in [0.5, 0.6) is 0 Å². The fourth-order valence-corrected chi connectivity index (χ4v) is 9.04. The van der Waals surface area contributed by atoms with Gasteiger partial charge in [0.25, 0.3) is 0 Å². The van der Waals surface area contributed by atoms with Gasteiger partial charge in [-0.05, 0) is 60.7 Å². The molecule has 0 aromatic heterocycles. The van der Waals surface area contributed by atoms with Crippen molar-refractivity contribution >= 4 is 39.2 Å². The van der Waals surface area contributed by atoms with Gasteiger partial charge in [0.05, 0.1) is 6.42 Å². The molecule has 0 aliphatic heterocycles. The van der Waals surface area contributed by atoms with Gasteiger partial charge in [-0.15, -0.1) is 0 Å². The maximum absolute atomic E-state index is 13.8. The van der Waals surface area contributed by atoms with E-state index in [1.807, 2.05) is 13.8 Å². The number of fused-ring (bicyclic) bond motifs is 5. The number of hydrogen-bond donors (Lipinski definition) is 1. The second-order valence-electron chi connectivity index (χ2n) is 12.9. The monoisotopic (exact) mass is 605 g/mol. The molecule has 0 saturated heterocycles. The van der Waals surface area contributed by atoms with Crippen molar-refractivity contribution in [3.05, 3.63) is 0 Å². The first kappa shape index (κ1) is 31.6. The Morgan fingerprint density at radius 3 is 2.39 bits per heavy atom. The molecule has 230 valence electrons. The highest BCUT2D eigenvalue weighted by atomic mass is 32.2. The van der Waals surface area contributed by atoms with Crippen LogP contribution in [0.3, 0.4) is 0 Å². The molecule has 9 nitrogen and oxygen atoms in total. The largest absolute Gasteiger partial charge is 0.516 e. The van der Waals surface area contributed by atoms with E-state index in [0.717, 1.165) is 17.6 Å². The second kappa shape index (κ2) is 11.1. The zero-order valence-corrected chi connectivity index (χ0v) is 24.4. The summed E-state index contributed by atoms with van der Waals surface area (Å²) < 4.78 is 64.8. The SMILES string of the molecule is C[C@H](CCC(=O)OCCC(=O)NS(=O)(=O)C(F)(F)F)[C@H]1CC[C@H]2[C@@H]3C(=O)C[C@@H]4CC(=O)CC[C@]4(C)[C@H]3CC(=O)[C@]12C. The highest BCUT2D eigenvalue weighted by Crippen LogP contribution is 2.66. The van der Waals surface area contributed by atoms with Gasteiger partial charge in [0, 0.05) is 43.4 Å². The molecule has 0 spiro atoms. The van der Waals surface area contributed by atoms with Crippen LogP contribution in [0.15, 0.2) is 0 Å². The van der Waals surface area contributed by atoms with Crippen LogP contribution in [-0.2, 0) is 38.7 Å². The summed E-state index contributed by atoms with van der Waals surface area (Å²) in [7, 11) is -5.82. The van der Waals surface area contributed by atoms with Gasteiger partial charge < -0.3 is 4.74 Å². The number of halogens is 3. The van der Waals surface area contributed by atoms with Crippen molar-refractivity contribution in [1.29, 1.82) is 0 Å². The lowest BCUT2D eigenvalue weighted by Gasteiger charge is -2.58. The van der Waals surface area contributed by atoms with Gasteiger partial charge in [0.2, 0.25) is 5.91 Å². The van der Waals surface area contributed by atoms with Crippen LogP contribution in [0, 0.1) is 46.3 Å². The standard InChI is InChI=1S/C28H38F3NO8S/c1-15(4-7-24(37)40-11-9-23(36)32-41(38,39)28(29,30)31)18-5-6-19-25-20(14-22(35)27(18,19)3)26(2)10-8-17(33)12-16(26)13-21(25)34/h15-16,18-20,25H,4-14H2,1-3H3,(H,32,36)/t15-,16+,18-,19+,20+,25+,26+,27-/m1/s1. The fourth-order valence-electron chi connectivity index (χ4n) is 8.53. The lowest BCUT2D eigenvalue weighted by molar-refractivity contribution is -0.166. The molecule has 0 bridgehead atoms. The van der Waals surface area contributed by atoms with E-state index in [1.165, 1.54) is 0 Å². The van der Waals surface area contributed by atoms with Gasteiger partial charge in [-0.3, -0.25) is 24.0 Å². The van der Waals surface area contributed by atoms with Gasteiger partial charge in [-0.1, -0.05) is 20.8 Å². The van der Waals surface area contributed by atoms with Gasteiger partial charge in [-0.2, -0.15) is 21.6 Å². The molecule has 13 heteroatoms. The molecular formula is C28H38F3NO8S. The molecular weight excluding hydrogens is 567 g/mol. The van der Waals surface area contributed by atoms with Crippen molar-refractivity contribution in [2.75, 3.05) is 6.61 Å². The minimum absolute atomic E-state index is 0.00286. The predicted octanol–water partition coefficient (Wildman–Crippen LogP) is 3.89. The van der Waals surface area contributed by atoms with Crippen LogP contribution in [-0.4, -0.2) is 49.8 Å². The van der Waals surface area contributed by atoms with Crippen LogP contribution in [0.25, 0.3) is 0 Å². The molecule has 8 atom stereocenters. The first-order valence-corrected chi connectivity index (χ1v) is 15.8. The summed E-state index contributed by atoms with van der Waals surface area (Å²) >= 11 is 0. The second-order valence-corrected chi connectivity index (χ2v) is 14.6. The average molecular weight is 606 g/mol. The van der Waals surface area contributed by atoms with Gasteiger partial charge >= 0.3 is 21.5 Å². The zero-order chi connectivity index (χ0) is 30.5. The normalized spacial score (nSPS) is 36.1. The van der Waals surface area contributed by atoms with Gasteiger partial charge in [-0.25, -0.2) is 4.72 Å². The topological polar surface area (TPSA) is 141 Å². The van der Waals surface area contributed by atoms with E-state index < -0.39 is 45.9 Å². The summed E-state index contributed by atoms with van der Waals surface area (Å²) in [6.45, 7) is 5.49. The maximum atomic E-state index is 13.8. The third-order valence-electron chi connectivity index (χ3n) is 10.9. The number of ether oxygens (including phenoxy) is 1. The minimum Gasteiger partial charge on any atom is -0.465 e. The Hall–Kier alpha value is -2.31.